The van der Waals surface area contributed by atoms with Gasteiger partial charge in [-0.25, -0.2) is 0 Å². The van der Waals surface area contributed by atoms with Crippen molar-refractivity contribution >= 4 is 5.91 Å². The number of nitrogens with one attached hydrogen (secondary N) is 2. The largest absolute Gasteiger partial charge is 0.351 e. The third-order valence-electron chi connectivity index (χ3n) is 4.10. The number of carbonyl (C=O) groups is 1. The minimum Gasteiger partial charge on any atom is -0.351 e. The van der Waals surface area contributed by atoms with Gasteiger partial charge in [-0.1, -0.05) is 30.7 Å². The zero-order valence-electron chi connectivity index (χ0n) is 12.6. The van der Waals surface area contributed by atoms with Crippen LogP contribution < -0.4 is 5.32 Å². The van der Waals surface area contributed by atoms with E-state index in [4.69, 9.17) is 0 Å². The number of tetrazole rings is 1. The Morgan fingerprint density at radius 2 is 2.18 bits per heavy atom. The van der Waals surface area contributed by atoms with E-state index in [0.29, 0.717) is 12.4 Å². The first-order valence-corrected chi connectivity index (χ1v) is 7.55. The van der Waals surface area contributed by atoms with E-state index in [2.05, 4.69) is 30.8 Å². The lowest BCUT2D eigenvalue weighted by molar-refractivity contribution is -0.127. The highest BCUT2D eigenvalue weighted by atomic mass is 16.2. The molecule has 2 N–H and O–H groups in total. The van der Waals surface area contributed by atoms with Crippen molar-refractivity contribution in [3.63, 3.8) is 0 Å². The summed E-state index contributed by atoms with van der Waals surface area (Å²) in [5.74, 6) is 0.684. The van der Waals surface area contributed by atoms with E-state index >= 15 is 0 Å². The van der Waals surface area contributed by atoms with Gasteiger partial charge in [0.15, 0.2) is 0 Å². The van der Waals surface area contributed by atoms with E-state index in [1.807, 2.05) is 31.3 Å². The Morgan fingerprint density at radius 3 is 2.86 bits per heavy atom. The van der Waals surface area contributed by atoms with Gasteiger partial charge >= 0.3 is 0 Å². The van der Waals surface area contributed by atoms with Crippen LogP contribution in [0.25, 0.3) is 11.4 Å². The fourth-order valence-corrected chi connectivity index (χ4v) is 2.77. The first-order chi connectivity index (χ1) is 10.7. The maximum absolute atomic E-state index is 12.3. The predicted molar refractivity (Wildman–Crippen MR) is 81.7 cm³/mol. The van der Waals surface area contributed by atoms with Gasteiger partial charge in [-0.2, -0.15) is 5.21 Å². The quantitative estimate of drug-likeness (QED) is 0.878. The molecular weight excluding hydrogens is 280 g/mol. The molecule has 0 radical (unpaired) electrons. The molecule has 7 nitrogen and oxygen atoms in total. The Bertz CT molecular complexity index is 609. The summed E-state index contributed by atoms with van der Waals surface area (Å²) in [4.78, 5) is 14.4. The maximum atomic E-state index is 12.3. The normalized spacial score (nSPS) is 19.0. The molecule has 0 saturated carbocycles. The van der Waals surface area contributed by atoms with E-state index in [0.717, 1.165) is 30.5 Å². The van der Waals surface area contributed by atoms with Crippen LogP contribution in [-0.2, 0) is 11.3 Å². The number of carbonyl (C=O) groups excluding carboxylic acids is 1. The van der Waals surface area contributed by atoms with Crippen LogP contribution in [0, 0.1) is 0 Å². The fourth-order valence-electron chi connectivity index (χ4n) is 2.77. The molecule has 3 rings (SSSR count). The minimum absolute atomic E-state index is 0.00681. The third kappa shape index (κ3) is 3.30. The molecule has 7 heteroatoms. The molecular formula is C15H20N6O. The molecule has 1 amide bonds. The van der Waals surface area contributed by atoms with Crippen LogP contribution in [0.3, 0.4) is 0 Å². The monoisotopic (exact) mass is 300 g/mol. The van der Waals surface area contributed by atoms with Crippen LogP contribution in [0.1, 0.15) is 24.8 Å². The second-order valence-corrected chi connectivity index (χ2v) is 5.64. The molecule has 1 fully saturated rings. The zero-order valence-corrected chi connectivity index (χ0v) is 12.6. The van der Waals surface area contributed by atoms with Crippen molar-refractivity contribution in [2.75, 3.05) is 13.6 Å². The van der Waals surface area contributed by atoms with Gasteiger partial charge < -0.3 is 5.32 Å². The lowest BCUT2D eigenvalue weighted by atomic mass is 10.0. The Balaban J connectivity index is 1.56. The van der Waals surface area contributed by atoms with Gasteiger partial charge in [0.2, 0.25) is 11.7 Å². The summed E-state index contributed by atoms with van der Waals surface area (Å²) < 4.78 is 0. The number of nitrogens with zero attached hydrogens (tertiary/aromatic N) is 4. The Hall–Kier alpha value is -2.28. The molecule has 2 heterocycles. The second-order valence-electron chi connectivity index (χ2n) is 5.64. The number of hydrogen-bond acceptors (Lipinski definition) is 5. The van der Waals surface area contributed by atoms with E-state index in [1.54, 1.807) is 0 Å². The molecule has 1 aliphatic heterocycles. The zero-order chi connectivity index (χ0) is 15.4. The molecule has 2 aromatic rings. The van der Waals surface area contributed by atoms with Crippen LogP contribution in [0.5, 0.6) is 0 Å². The van der Waals surface area contributed by atoms with E-state index in [-0.39, 0.29) is 11.9 Å². The van der Waals surface area contributed by atoms with Gasteiger partial charge in [-0.15, -0.1) is 10.2 Å². The van der Waals surface area contributed by atoms with Gasteiger partial charge in [0.25, 0.3) is 0 Å². The molecule has 1 atom stereocenters. The molecule has 22 heavy (non-hydrogen) atoms. The average Bonchev–Trinajstić information content (AvgIpc) is 3.08. The summed E-state index contributed by atoms with van der Waals surface area (Å²) in [6.07, 6.45) is 3.25. The summed E-state index contributed by atoms with van der Waals surface area (Å²) >= 11 is 0. The lowest BCUT2D eigenvalue weighted by Crippen LogP contribution is -2.47. The highest BCUT2D eigenvalue weighted by Gasteiger charge is 2.25. The van der Waals surface area contributed by atoms with Crippen molar-refractivity contribution in [2.45, 2.75) is 31.8 Å². The van der Waals surface area contributed by atoms with Crippen LogP contribution >= 0.6 is 0 Å². The van der Waals surface area contributed by atoms with Crippen LogP contribution in [0.15, 0.2) is 24.3 Å². The second kappa shape index (κ2) is 6.65. The number of aromatic nitrogens is 4. The first kappa shape index (κ1) is 14.6. The molecule has 0 spiro atoms. The topological polar surface area (TPSA) is 86.8 Å². The smallest absolute Gasteiger partial charge is 0.237 e. The average molecular weight is 300 g/mol. The van der Waals surface area contributed by atoms with E-state index in [9.17, 15) is 4.79 Å². The Kier molecular flexibility index (Phi) is 4.43. The Labute approximate surface area is 129 Å². The predicted octanol–water partition coefficient (Wildman–Crippen LogP) is 0.967. The number of amides is 1. The molecule has 1 aliphatic rings. The van der Waals surface area contributed by atoms with Crippen molar-refractivity contribution in [1.29, 1.82) is 0 Å². The number of H-pyrrole nitrogens is 1. The van der Waals surface area contributed by atoms with Crippen LogP contribution in [0.4, 0.5) is 0 Å². The highest BCUT2D eigenvalue weighted by molar-refractivity contribution is 5.81. The summed E-state index contributed by atoms with van der Waals surface area (Å²) in [6, 6.07) is 7.80. The number of hydrogen-bond donors (Lipinski definition) is 2. The van der Waals surface area contributed by atoms with Gasteiger partial charge in [0.05, 0.1) is 6.04 Å². The molecule has 116 valence electrons. The van der Waals surface area contributed by atoms with Crippen molar-refractivity contribution < 1.29 is 4.79 Å². The molecule has 1 saturated heterocycles. The van der Waals surface area contributed by atoms with E-state index in [1.165, 1.54) is 6.42 Å². The van der Waals surface area contributed by atoms with Gasteiger partial charge in [-0.3, -0.25) is 9.69 Å². The van der Waals surface area contributed by atoms with Crippen molar-refractivity contribution in [1.82, 2.24) is 30.8 Å². The number of rotatable bonds is 4. The SMILES string of the molecule is CN1CCCCC1C(=O)NCc1ccc(-c2nn[nH]n2)cc1. The summed E-state index contributed by atoms with van der Waals surface area (Å²) in [5.41, 5.74) is 1.95. The number of aromatic amines is 1. The highest BCUT2D eigenvalue weighted by Crippen LogP contribution is 2.16. The van der Waals surface area contributed by atoms with Crippen LogP contribution in [-0.4, -0.2) is 51.1 Å². The molecule has 1 unspecified atom stereocenters. The molecule has 0 bridgehead atoms. The van der Waals surface area contributed by atoms with Crippen LogP contribution in [0.2, 0.25) is 0 Å². The standard InChI is InChI=1S/C15H20N6O/c1-21-9-3-2-4-13(21)15(22)16-10-11-5-7-12(8-6-11)14-17-19-20-18-14/h5-8,13H,2-4,9-10H2,1H3,(H,16,22)(H,17,18,19,20). The molecule has 1 aromatic carbocycles. The Morgan fingerprint density at radius 1 is 1.36 bits per heavy atom. The summed E-state index contributed by atoms with van der Waals surface area (Å²) in [5, 5.41) is 16.9. The third-order valence-corrected chi connectivity index (χ3v) is 4.10. The van der Waals surface area contributed by atoms with Crippen molar-refractivity contribution in [3.05, 3.63) is 29.8 Å². The minimum atomic E-state index is 0.00681. The molecule has 0 aliphatic carbocycles. The lowest BCUT2D eigenvalue weighted by Gasteiger charge is -2.31. The summed E-state index contributed by atoms with van der Waals surface area (Å²) in [7, 11) is 2.02. The van der Waals surface area contributed by atoms with Crippen molar-refractivity contribution in [3.8, 4) is 11.4 Å². The number of benzene rings is 1. The van der Waals surface area contributed by atoms with Gasteiger partial charge in [0.1, 0.15) is 0 Å². The van der Waals surface area contributed by atoms with Gasteiger partial charge in [-0.05, 0) is 37.2 Å². The summed E-state index contributed by atoms with van der Waals surface area (Å²) in [6.45, 7) is 1.53. The number of likely N-dealkylation sites (tertiary alicyclic amines) is 1. The van der Waals surface area contributed by atoms with Gasteiger partial charge in [0, 0.05) is 12.1 Å². The number of piperidine rings is 1. The number of likely N-dealkylation sites (N-methyl/N-ethyl adjacent to an activating group) is 1. The molecule has 1 aromatic heterocycles. The van der Waals surface area contributed by atoms with Crippen molar-refractivity contribution in [2.24, 2.45) is 0 Å². The fraction of sp³-hybridized carbons (Fsp3) is 0.467. The first-order valence-electron chi connectivity index (χ1n) is 7.55. The van der Waals surface area contributed by atoms with E-state index < -0.39 is 0 Å². The maximum Gasteiger partial charge on any atom is 0.237 e.